The van der Waals surface area contributed by atoms with E-state index in [0.29, 0.717) is 22.0 Å². The van der Waals surface area contributed by atoms with E-state index in [1.165, 1.54) is 17.0 Å². The third-order valence-corrected chi connectivity index (χ3v) is 7.66. The van der Waals surface area contributed by atoms with Crippen molar-refractivity contribution in [3.8, 4) is 0 Å². The van der Waals surface area contributed by atoms with Crippen LogP contribution in [-0.4, -0.2) is 28.8 Å². The predicted octanol–water partition coefficient (Wildman–Crippen LogP) is 7.03. The number of nitrogens with one attached hydrogen (secondary N) is 1. The molecule has 1 aliphatic carbocycles. The molecular weight excluding hydrogens is 534 g/mol. The molecule has 0 aromatic heterocycles. The van der Waals surface area contributed by atoms with Crippen molar-refractivity contribution in [1.29, 1.82) is 0 Å². The summed E-state index contributed by atoms with van der Waals surface area (Å²) in [6.45, 7) is 0.0521. The Hall–Kier alpha value is -2.60. The van der Waals surface area contributed by atoms with Gasteiger partial charge >= 0.3 is 0 Å². The first-order valence-electron chi connectivity index (χ1n) is 12.3. The zero-order valence-corrected chi connectivity index (χ0v) is 22.5. The summed E-state index contributed by atoms with van der Waals surface area (Å²) < 4.78 is 14.6. The normalized spacial score (nSPS) is 14.4. The van der Waals surface area contributed by atoms with Crippen molar-refractivity contribution in [2.75, 3.05) is 0 Å². The molecule has 8 heteroatoms. The summed E-state index contributed by atoms with van der Waals surface area (Å²) in [5.41, 5.74) is 1.62. The van der Waals surface area contributed by atoms with Gasteiger partial charge in [-0.25, -0.2) is 4.39 Å². The molecule has 0 radical (unpaired) electrons. The molecule has 1 aliphatic rings. The molecule has 4 rings (SSSR count). The quantitative estimate of drug-likeness (QED) is 0.305. The van der Waals surface area contributed by atoms with Crippen LogP contribution in [-0.2, 0) is 29.0 Å². The van der Waals surface area contributed by atoms with Gasteiger partial charge in [-0.05, 0) is 48.2 Å². The highest BCUT2D eigenvalue weighted by atomic mass is 35.5. The monoisotopic (exact) mass is 560 g/mol. The Labute approximate surface area is 231 Å². The number of hydrogen-bond donors (Lipinski definition) is 1. The van der Waals surface area contributed by atoms with E-state index >= 15 is 0 Å². The Kier molecular flexibility index (Phi) is 9.47. The molecule has 0 spiro atoms. The second-order valence-corrected chi connectivity index (χ2v) is 10.6. The van der Waals surface area contributed by atoms with Crippen LogP contribution in [0.5, 0.6) is 0 Å². The molecule has 3 aromatic rings. The second-order valence-electron chi connectivity index (χ2n) is 9.33. The molecule has 1 atom stereocenters. The summed E-state index contributed by atoms with van der Waals surface area (Å²) in [6.07, 6.45) is 3.93. The van der Waals surface area contributed by atoms with E-state index in [-0.39, 0.29) is 35.5 Å². The number of amides is 2. The highest BCUT2D eigenvalue weighted by Crippen LogP contribution is 2.27. The molecule has 2 amide bonds. The molecule has 4 nitrogen and oxygen atoms in total. The first-order valence-corrected chi connectivity index (χ1v) is 13.5. The van der Waals surface area contributed by atoms with Gasteiger partial charge < -0.3 is 10.2 Å². The second kappa shape index (κ2) is 12.8. The Morgan fingerprint density at radius 1 is 0.946 bits per heavy atom. The predicted molar refractivity (Wildman–Crippen MR) is 146 cm³/mol. The Balaban J connectivity index is 1.71. The van der Waals surface area contributed by atoms with E-state index in [1.807, 2.05) is 30.3 Å². The minimum Gasteiger partial charge on any atom is -0.352 e. The van der Waals surface area contributed by atoms with Crippen LogP contribution in [0.3, 0.4) is 0 Å². The molecule has 0 bridgehead atoms. The average Bonchev–Trinajstić information content (AvgIpc) is 3.38. The van der Waals surface area contributed by atoms with Crippen LogP contribution in [0.15, 0.2) is 66.7 Å². The van der Waals surface area contributed by atoms with Crippen molar-refractivity contribution in [2.24, 2.45) is 0 Å². The van der Waals surface area contributed by atoms with Crippen LogP contribution in [0.4, 0.5) is 4.39 Å². The van der Waals surface area contributed by atoms with E-state index in [2.05, 4.69) is 5.32 Å². The third-order valence-electron chi connectivity index (χ3n) is 6.72. The van der Waals surface area contributed by atoms with Crippen molar-refractivity contribution in [2.45, 2.75) is 57.2 Å². The van der Waals surface area contributed by atoms with Crippen LogP contribution in [0.1, 0.15) is 42.4 Å². The van der Waals surface area contributed by atoms with E-state index in [0.717, 1.165) is 31.2 Å². The first-order chi connectivity index (χ1) is 17.8. The number of nitrogens with zero attached hydrogens (tertiary/aromatic N) is 1. The zero-order valence-electron chi connectivity index (χ0n) is 20.2. The van der Waals surface area contributed by atoms with Gasteiger partial charge in [0.1, 0.15) is 11.9 Å². The van der Waals surface area contributed by atoms with Crippen molar-refractivity contribution in [3.05, 3.63) is 104 Å². The molecule has 0 heterocycles. The number of carbonyl (C=O) groups excluding carboxylic acids is 2. The van der Waals surface area contributed by atoms with E-state index in [4.69, 9.17) is 34.8 Å². The summed E-state index contributed by atoms with van der Waals surface area (Å²) in [4.78, 5) is 29.0. The Morgan fingerprint density at radius 3 is 2.35 bits per heavy atom. The van der Waals surface area contributed by atoms with Gasteiger partial charge in [-0.3, -0.25) is 9.59 Å². The van der Waals surface area contributed by atoms with E-state index in [9.17, 15) is 14.0 Å². The first kappa shape index (κ1) is 27.4. The number of hydrogen-bond acceptors (Lipinski definition) is 2. The number of carbonyl (C=O) groups is 2. The fourth-order valence-electron chi connectivity index (χ4n) is 4.71. The summed E-state index contributed by atoms with van der Waals surface area (Å²) in [6, 6.07) is 18.1. The van der Waals surface area contributed by atoms with Gasteiger partial charge in [0.2, 0.25) is 11.8 Å². The van der Waals surface area contributed by atoms with Crippen molar-refractivity contribution < 1.29 is 14.0 Å². The minimum atomic E-state index is -0.840. The standard InChI is InChI=1S/C29H28Cl3FN2O2/c30-21-14-13-20(25(32)16-21)18-35(28(36)17-23-24(31)11-6-12-26(23)33)27(15-19-7-2-1-3-8-19)29(37)34-22-9-4-5-10-22/h1-3,6-8,11-14,16,22,27H,4-5,9-10,15,17-18H2,(H,34,37)/t27-/m0/s1. The van der Waals surface area contributed by atoms with Gasteiger partial charge in [0.05, 0.1) is 6.42 Å². The fraction of sp³-hybridized carbons (Fsp3) is 0.310. The lowest BCUT2D eigenvalue weighted by atomic mass is 10.0. The maximum absolute atomic E-state index is 14.6. The van der Waals surface area contributed by atoms with Crippen molar-refractivity contribution in [3.63, 3.8) is 0 Å². The summed E-state index contributed by atoms with van der Waals surface area (Å²) in [5, 5.41) is 4.14. The van der Waals surface area contributed by atoms with Crippen LogP contribution in [0, 0.1) is 5.82 Å². The zero-order chi connectivity index (χ0) is 26.4. The van der Waals surface area contributed by atoms with Crippen LogP contribution in [0.2, 0.25) is 15.1 Å². The largest absolute Gasteiger partial charge is 0.352 e. The summed E-state index contributed by atoms with van der Waals surface area (Å²) in [7, 11) is 0. The molecular formula is C29H28Cl3FN2O2. The van der Waals surface area contributed by atoms with E-state index < -0.39 is 17.8 Å². The van der Waals surface area contributed by atoms with Crippen molar-refractivity contribution in [1.82, 2.24) is 10.2 Å². The lowest BCUT2D eigenvalue weighted by Gasteiger charge is -2.33. The molecule has 0 aliphatic heterocycles. The van der Waals surface area contributed by atoms with E-state index in [1.54, 1.807) is 24.3 Å². The Morgan fingerprint density at radius 2 is 1.68 bits per heavy atom. The lowest BCUT2D eigenvalue weighted by molar-refractivity contribution is -0.141. The fourth-order valence-corrected chi connectivity index (χ4v) is 5.41. The minimum absolute atomic E-state index is 0.0521. The molecule has 194 valence electrons. The number of rotatable bonds is 9. The maximum atomic E-state index is 14.6. The molecule has 1 saturated carbocycles. The molecule has 1 N–H and O–H groups in total. The van der Waals surface area contributed by atoms with Crippen LogP contribution < -0.4 is 5.32 Å². The van der Waals surface area contributed by atoms with Gasteiger partial charge in [0.15, 0.2) is 0 Å². The highest BCUT2D eigenvalue weighted by molar-refractivity contribution is 6.35. The van der Waals surface area contributed by atoms with Gasteiger partial charge in [0, 0.05) is 39.6 Å². The number of halogens is 4. The van der Waals surface area contributed by atoms with Gasteiger partial charge in [-0.2, -0.15) is 0 Å². The topological polar surface area (TPSA) is 49.4 Å². The molecule has 0 unspecified atom stereocenters. The highest BCUT2D eigenvalue weighted by Gasteiger charge is 2.33. The van der Waals surface area contributed by atoms with Crippen molar-refractivity contribution >= 4 is 46.6 Å². The average molecular weight is 562 g/mol. The smallest absolute Gasteiger partial charge is 0.243 e. The maximum Gasteiger partial charge on any atom is 0.243 e. The van der Waals surface area contributed by atoms with Crippen LogP contribution >= 0.6 is 34.8 Å². The Bertz CT molecular complexity index is 1230. The summed E-state index contributed by atoms with van der Waals surface area (Å²) >= 11 is 18.8. The molecule has 0 saturated heterocycles. The summed E-state index contributed by atoms with van der Waals surface area (Å²) in [5.74, 6) is -1.24. The van der Waals surface area contributed by atoms with Gasteiger partial charge in [0.25, 0.3) is 0 Å². The third kappa shape index (κ3) is 7.25. The molecule has 1 fully saturated rings. The number of benzene rings is 3. The van der Waals surface area contributed by atoms with Gasteiger partial charge in [-0.15, -0.1) is 0 Å². The van der Waals surface area contributed by atoms with Gasteiger partial charge in [-0.1, -0.05) is 90.1 Å². The SMILES string of the molecule is O=C(NC1CCCC1)[C@H](Cc1ccccc1)N(Cc1ccc(Cl)cc1Cl)C(=O)Cc1c(F)cccc1Cl. The molecule has 3 aromatic carbocycles. The van der Waals surface area contributed by atoms with Crippen LogP contribution in [0.25, 0.3) is 0 Å². The molecule has 37 heavy (non-hydrogen) atoms. The lowest BCUT2D eigenvalue weighted by Crippen LogP contribution is -2.52.